The van der Waals surface area contributed by atoms with Crippen LogP contribution >= 0.6 is 0 Å². The molecule has 0 aliphatic heterocycles. The molecule has 0 saturated carbocycles. The average molecular weight is 316 g/mol. The normalized spacial score (nSPS) is 11.9. The minimum atomic E-state index is -0.748. The Hall–Kier alpha value is -2.57. The third-order valence-corrected chi connectivity index (χ3v) is 3.48. The van der Waals surface area contributed by atoms with Crippen LogP contribution in [-0.2, 0) is 11.2 Å². The van der Waals surface area contributed by atoms with Crippen LogP contribution in [0.3, 0.4) is 0 Å². The lowest BCUT2D eigenvalue weighted by Gasteiger charge is -2.14. The Labute approximate surface area is 134 Å². The van der Waals surface area contributed by atoms with Gasteiger partial charge in [0.25, 0.3) is 0 Å². The number of aromatic hydroxyl groups is 2. The van der Waals surface area contributed by atoms with Gasteiger partial charge in [0.1, 0.15) is 11.5 Å². The highest BCUT2D eigenvalue weighted by molar-refractivity contribution is 5.75. The van der Waals surface area contributed by atoms with Crippen LogP contribution in [0.4, 0.5) is 5.69 Å². The van der Waals surface area contributed by atoms with E-state index in [0.29, 0.717) is 25.1 Å². The number of hydrogen-bond acceptors (Lipinski definition) is 5. The molecule has 2 aromatic rings. The summed E-state index contributed by atoms with van der Waals surface area (Å²) in [6.07, 6.45) is 0.504. The third kappa shape index (κ3) is 4.98. The van der Waals surface area contributed by atoms with Crippen molar-refractivity contribution in [3.05, 3.63) is 53.6 Å². The number of aliphatic hydroxyl groups excluding tert-OH is 1. The van der Waals surface area contributed by atoms with Crippen molar-refractivity contribution in [2.75, 3.05) is 18.4 Å². The number of aliphatic hydroxyl groups is 1. The Bertz CT molecular complexity index is 644. The molecule has 2 rings (SSSR count). The molecule has 1 unspecified atom stereocenters. The van der Waals surface area contributed by atoms with Crippen LogP contribution < -0.4 is 10.6 Å². The highest BCUT2D eigenvalue weighted by atomic mass is 16.3. The van der Waals surface area contributed by atoms with Crippen molar-refractivity contribution < 1.29 is 20.1 Å². The van der Waals surface area contributed by atoms with Gasteiger partial charge in [0, 0.05) is 6.54 Å². The highest BCUT2D eigenvalue weighted by Crippen LogP contribution is 2.26. The minimum absolute atomic E-state index is 0.0478. The van der Waals surface area contributed by atoms with Crippen molar-refractivity contribution in [2.24, 2.45) is 0 Å². The first-order valence-electron chi connectivity index (χ1n) is 7.30. The number of phenolic OH excluding ortho intramolecular Hbond substituents is 2. The molecule has 0 aromatic heterocycles. The fourth-order valence-corrected chi connectivity index (χ4v) is 2.19. The molecule has 6 nitrogen and oxygen atoms in total. The van der Waals surface area contributed by atoms with Gasteiger partial charge in [-0.2, -0.15) is 0 Å². The third-order valence-electron chi connectivity index (χ3n) is 3.48. The molecular weight excluding hydrogens is 296 g/mol. The van der Waals surface area contributed by atoms with Crippen LogP contribution in [0.15, 0.2) is 42.5 Å². The van der Waals surface area contributed by atoms with Crippen LogP contribution in [0.1, 0.15) is 17.2 Å². The first-order chi connectivity index (χ1) is 11.1. The molecule has 0 bridgehead atoms. The van der Waals surface area contributed by atoms with Gasteiger partial charge in [0.05, 0.1) is 11.8 Å². The molecule has 5 N–H and O–H groups in total. The van der Waals surface area contributed by atoms with E-state index in [1.54, 1.807) is 18.2 Å². The van der Waals surface area contributed by atoms with E-state index in [9.17, 15) is 20.1 Å². The quantitative estimate of drug-likeness (QED) is 0.289. The van der Waals surface area contributed by atoms with Gasteiger partial charge in [-0.15, -0.1) is 0 Å². The molecule has 0 heterocycles. The van der Waals surface area contributed by atoms with Crippen LogP contribution in [0.25, 0.3) is 0 Å². The molecule has 0 aliphatic carbocycles. The first kappa shape index (κ1) is 16.8. The first-order valence-corrected chi connectivity index (χ1v) is 7.30. The Morgan fingerprint density at radius 3 is 2.52 bits per heavy atom. The van der Waals surface area contributed by atoms with Gasteiger partial charge in [-0.3, -0.25) is 4.79 Å². The van der Waals surface area contributed by atoms with E-state index >= 15 is 0 Å². The SMILES string of the molecule is O=CNc1cc(C(O)CNCCc2ccc(O)cc2)ccc1O. The van der Waals surface area contributed by atoms with E-state index in [1.165, 1.54) is 12.1 Å². The van der Waals surface area contributed by atoms with E-state index in [4.69, 9.17) is 0 Å². The number of phenols is 2. The minimum Gasteiger partial charge on any atom is -0.508 e. The molecule has 122 valence electrons. The summed E-state index contributed by atoms with van der Waals surface area (Å²) in [6.45, 7) is 1.03. The number of rotatable bonds is 8. The van der Waals surface area contributed by atoms with Crippen molar-refractivity contribution in [3.63, 3.8) is 0 Å². The van der Waals surface area contributed by atoms with Crippen molar-refractivity contribution in [1.82, 2.24) is 5.32 Å². The second-order valence-electron chi connectivity index (χ2n) is 5.18. The number of benzene rings is 2. The second-order valence-corrected chi connectivity index (χ2v) is 5.18. The zero-order chi connectivity index (χ0) is 16.7. The van der Waals surface area contributed by atoms with Crippen molar-refractivity contribution in [2.45, 2.75) is 12.5 Å². The summed E-state index contributed by atoms with van der Waals surface area (Å²) in [5, 5.41) is 34.5. The molecule has 0 saturated heterocycles. The number of anilines is 1. The summed E-state index contributed by atoms with van der Waals surface area (Å²) in [5.74, 6) is 0.192. The van der Waals surface area contributed by atoms with Crippen molar-refractivity contribution in [3.8, 4) is 11.5 Å². The summed E-state index contributed by atoms with van der Waals surface area (Å²) < 4.78 is 0. The predicted octanol–water partition coefficient (Wildman–Crippen LogP) is 1.53. The zero-order valence-corrected chi connectivity index (χ0v) is 12.6. The number of carbonyl (C=O) groups is 1. The van der Waals surface area contributed by atoms with Crippen LogP contribution in [0, 0.1) is 0 Å². The van der Waals surface area contributed by atoms with Crippen LogP contribution in [0.2, 0.25) is 0 Å². The predicted molar refractivity (Wildman–Crippen MR) is 87.4 cm³/mol. The Morgan fingerprint density at radius 1 is 1.09 bits per heavy atom. The molecule has 1 amide bonds. The monoisotopic (exact) mass is 316 g/mol. The lowest BCUT2D eigenvalue weighted by molar-refractivity contribution is -0.105. The van der Waals surface area contributed by atoms with Gasteiger partial charge < -0.3 is 26.0 Å². The highest BCUT2D eigenvalue weighted by Gasteiger charge is 2.10. The lowest BCUT2D eigenvalue weighted by Crippen LogP contribution is -2.23. The average Bonchev–Trinajstić information content (AvgIpc) is 2.55. The summed E-state index contributed by atoms with van der Waals surface area (Å²) in [7, 11) is 0. The standard InChI is InChI=1S/C17H20N2O4/c20-11-19-15-9-13(3-6-16(15)22)17(23)10-18-8-7-12-1-4-14(21)5-2-12/h1-6,9,11,17-18,21-23H,7-8,10H2,(H,19,20). The topological polar surface area (TPSA) is 102 Å². The van der Waals surface area contributed by atoms with E-state index in [2.05, 4.69) is 10.6 Å². The Balaban J connectivity index is 1.82. The Morgan fingerprint density at radius 2 is 1.83 bits per heavy atom. The van der Waals surface area contributed by atoms with Gasteiger partial charge in [-0.1, -0.05) is 18.2 Å². The summed E-state index contributed by atoms with van der Waals surface area (Å²) >= 11 is 0. The van der Waals surface area contributed by atoms with E-state index in [0.717, 1.165) is 12.0 Å². The molecule has 0 fully saturated rings. The molecular formula is C17H20N2O4. The maximum atomic E-state index is 10.5. The van der Waals surface area contributed by atoms with Gasteiger partial charge >= 0.3 is 0 Å². The van der Waals surface area contributed by atoms with E-state index < -0.39 is 6.10 Å². The van der Waals surface area contributed by atoms with Crippen molar-refractivity contribution >= 4 is 12.1 Å². The molecule has 0 radical (unpaired) electrons. The fraction of sp³-hybridized carbons (Fsp3) is 0.235. The van der Waals surface area contributed by atoms with Gasteiger partial charge in [0.2, 0.25) is 6.41 Å². The van der Waals surface area contributed by atoms with Crippen molar-refractivity contribution in [1.29, 1.82) is 0 Å². The maximum absolute atomic E-state index is 10.5. The molecule has 0 aliphatic rings. The number of hydrogen-bond donors (Lipinski definition) is 5. The molecule has 23 heavy (non-hydrogen) atoms. The van der Waals surface area contributed by atoms with E-state index in [-0.39, 0.29) is 17.2 Å². The maximum Gasteiger partial charge on any atom is 0.211 e. The molecule has 2 aromatic carbocycles. The molecule has 0 spiro atoms. The Kier molecular flexibility index (Phi) is 5.96. The van der Waals surface area contributed by atoms with Crippen LogP contribution in [0.5, 0.6) is 11.5 Å². The van der Waals surface area contributed by atoms with Gasteiger partial charge in [-0.05, 0) is 48.4 Å². The molecule has 6 heteroatoms. The number of amides is 1. The second kappa shape index (κ2) is 8.17. The number of carbonyl (C=O) groups excluding carboxylic acids is 1. The fourth-order valence-electron chi connectivity index (χ4n) is 2.19. The largest absolute Gasteiger partial charge is 0.508 e. The summed E-state index contributed by atoms with van der Waals surface area (Å²) in [5.41, 5.74) is 1.96. The van der Waals surface area contributed by atoms with Crippen LogP contribution in [-0.4, -0.2) is 34.8 Å². The lowest BCUT2D eigenvalue weighted by atomic mass is 10.1. The zero-order valence-electron chi connectivity index (χ0n) is 12.6. The molecule has 1 atom stereocenters. The number of nitrogens with one attached hydrogen (secondary N) is 2. The summed E-state index contributed by atoms with van der Waals surface area (Å²) in [4.78, 5) is 10.5. The summed E-state index contributed by atoms with van der Waals surface area (Å²) in [6, 6.07) is 11.6. The van der Waals surface area contributed by atoms with Gasteiger partial charge in [0.15, 0.2) is 0 Å². The van der Waals surface area contributed by atoms with E-state index in [1.807, 2.05) is 12.1 Å². The van der Waals surface area contributed by atoms with Gasteiger partial charge in [-0.25, -0.2) is 0 Å². The smallest absolute Gasteiger partial charge is 0.211 e.